The summed E-state index contributed by atoms with van der Waals surface area (Å²) in [6.45, 7) is 5.17. The highest BCUT2D eigenvalue weighted by Crippen LogP contribution is 2.45. The van der Waals surface area contributed by atoms with Crippen molar-refractivity contribution in [1.82, 2.24) is 4.98 Å². The van der Waals surface area contributed by atoms with E-state index in [0.29, 0.717) is 49.9 Å². The number of esters is 1. The van der Waals surface area contributed by atoms with Gasteiger partial charge in [-0.2, -0.15) is 0 Å². The standard InChI is InChI=1S/C35H36ClN3O9/c1-19(40)47-18-35(2,3)17-39-26-13-12-21(36)15-23(26)31(22-9-7-11-27(45-4)32(22)46-5)48-28(33(39)42)16-29(41)37-24-10-6-8-20-14-25(34(43)44)38-30(20)24/h6-15,28,31,38H,16-18H2,1-5H3,(H,37,41)(H,43,44)/t28-,31-/m1/s1. The van der Waals surface area contributed by atoms with Crippen molar-refractivity contribution in [1.29, 1.82) is 0 Å². The molecule has 1 aliphatic rings. The lowest BCUT2D eigenvalue weighted by atomic mass is 9.92. The molecule has 0 bridgehead atoms. The Kier molecular flexibility index (Phi) is 9.97. The molecule has 2 heterocycles. The topological polar surface area (TPSA) is 156 Å². The Morgan fingerprint density at radius 3 is 2.48 bits per heavy atom. The zero-order valence-electron chi connectivity index (χ0n) is 27.1. The van der Waals surface area contributed by atoms with Crippen LogP contribution in [0.3, 0.4) is 0 Å². The van der Waals surface area contributed by atoms with Gasteiger partial charge in [0, 0.05) is 46.1 Å². The number of aromatic carboxylic acids is 1. The number of carboxylic acids is 1. The zero-order chi connectivity index (χ0) is 34.7. The number of benzene rings is 3. The molecule has 3 N–H and O–H groups in total. The molecule has 0 fully saturated rings. The minimum absolute atomic E-state index is 0.0344. The number of hydrogen-bond acceptors (Lipinski definition) is 8. The third-order valence-corrected chi connectivity index (χ3v) is 8.14. The highest BCUT2D eigenvalue weighted by atomic mass is 35.5. The third-order valence-electron chi connectivity index (χ3n) is 7.90. The maximum atomic E-state index is 14.5. The number of nitrogens with zero attached hydrogens (tertiary/aromatic N) is 1. The van der Waals surface area contributed by atoms with Crippen molar-refractivity contribution in [2.24, 2.45) is 5.41 Å². The fourth-order valence-electron chi connectivity index (χ4n) is 5.74. The van der Waals surface area contributed by atoms with E-state index in [4.69, 9.17) is 30.5 Å². The summed E-state index contributed by atoms with van der Waals surface area (Å²) >= 11 is 6.52. The van der Waals surface area contributed by atoms with Gasteiger partial charge in [-0.15, -0.1) is 0 Å². The second kappa shape index (κ2) is 14.0. The number of amides is 2. The molecule has 3 aromatic carbocycles. The Morgan fingerprint density at radius 1 is 1.04 bits per heavy atom. The Labute approximate surface area is 281 Å². The van der Waals surface area contributed by atoms with Crippen molar-refractivity contribution < 1.29 is 43.2 Å². The molecule has 0 spiro atoms. The van der Waals surface area contributed by atoms with E-state index in [1.807, 2.05) is 13.8 Å². The second-order valence-electron chi connectivity index (χ2n) is 12.2. The minimum Gasteiger partial charge on any atom is -0.493 e. The molecule has 0 saturated heterocycles. The summed E-state index contributed by atoms with van der Waals surface area (Å²) in [7, 11) is 3.00. The first-order valence-corrected chi connectivity index (χ1v) is 15.4. The predicted octanol–water partition coefficient (Wildman–Crippen LogP) is 5.98. The van der Waals surface area contributed by atoms with E-state index < -0.39 is 47.8 Å². The molecule has 1 aliphatic heterocycles. The van der Waals surface area contributed by atoms with E-state index in [9.17, 15) is 24.3 Å². The smallest absolute Gasteiger partial charge is 0.352 e. The van der Waals surface area contributed by atoms with E-state index in [2.05, 4.69) is 10.3 Å². The number of carbonyl (C=O) groups excluding carboxylic acids is 3. The fourth-order valence-corrected chi connectivity index (χ4v) is 5.92. The van der Waals surface area contributed by atoms with Gasteiger partial charge in [0.1, 0.15) is 17.9 Å². The molecule has 0 saturated carbocycles. The lowest BCUT2D eigenvalue weighted by Gasteiger charge is -2.33. The van der Waals surface area contributed by atoms with E-state index >= 15 is 0 Å². The van der Waals surface area contributed by atoms with Crippen LogP contribution in [0.15, 0.2) is 60.7 Å². The number of H-pyrrole nitrogens is 1. The highest BCUT2D eigenvalue weighted by molar-refractivity contribution is 6.30. The summed E-state index contributed by atoms with van der Waals surface area (Å²) in [5.41, 5.74) is 1.60. The van der Waals surface area contributed by atoms with Gasteiger partial charge in [0.2, 0.25) is 5.91 Å². The minimum atomic E-state index is -1.31. The molecule has 2 atom stereocenters. The van der Waals surface area contributed by atoms with Gasteiger partial charge in [0.15, 0.2) is 11.5 Å². The number of aromatic nitrogens is 1. The number of ether oxygens (including phenoxy) is 4. The molecule has 0 unspecified atom stereocenters. The van der Waals surface area contributed by atoms with Crippen LogP contribution in [0.4, 0.5) is 11.4 Å². The molecule has 0 radical (unpaired) electrons. The molecule has 5 rings (SSSR count). The van der Waals surface area contributed by atoms with Crippen LogP contribution in [0.1, 0.15) is 54.9 Å². The lowest BCUT2D eigenvalue weighted by molar-refractivity contribution is -0.144. The van der Waals surface area contributed by atoms with Crippen LogP contribution in [0.5, 0.6) is 11.5 Å². The Morgan fingerprint density at radius 2 is 1.79 bits per heavy atom. The van der Waals surface area contributed by atoms with Crippen molar-refractivity contribution in [3.63, 3.8) is 0 Å². The molecule has 13 heteroatoms. The fraction of sp³-hybridized carbons (Fsp3) is 0.314. The molecule has 0 aliphatic carbocycles. The number of hydrogen-bond donors (Lipinski definition) is 3. The maximum Gasteiger partial charge on any atom is 0.352 e. The van der Waals surface area contributed by atoms with E-state index in [0.717, 1.165) is 0 Å². The Hall–Kier alpha value is -5.07. The number of halogens is 1. The van der Waals surface area contributed by atoms with Crippen LogP contribution in [-0.4, -0.2) is 67.3 Å². The van der Waals surface area contributed by atoms with Crippen LogP contribution in [-0.2, 0) is 23.9 Å². The average molecular weight is 678 g/mol. The average Bonchev–Trinajstić information content (AvgIpc) is 3.46. The van der Waals surface area contributed by atoms with E-state index in [1.54, 1.807) is 54.6 Å². The maximum absolute atomic E-state index is 14.5. The largest absolute Gasteiger partial charge is 0.493 e. The van der Waals surface area contributed by atoms with Crippen LogP contribution < -0.4 is 19.7 Å². The quantitative estimate of drug-likeness (QED) is 0.163. The number of methoxy groups -OCH3 is 2. The first-order chi connectivity index (χ1) is 22.8. The van der Waals surface area contributed by atoms with Crippen LogP contribution >= 0.6 is 11.6 Å². The molecular weight excluding hydrogens is 642 g/mol. The van der Waals surface area contributed by atoms with E-state index in [-0.39, 0.29) is 18.8 Å². The summed E-state index contributed by atoms with van der Waals surface area (Å²) in [6, 6.07) is 16.9. The predicted molar refractivity (Wildman–Crippen MR) is 179 cm³/mol. The van der Waals surface area contributed by atoms with Gasteiger partial charge in [-0.05, 0) is 36.4 Å². The molecule has 1 aromatic heterocycles. The monoisotopic (exact) mass is 677 g/mol. The summed E-state index contributed by atoms with van der Waals surface area (Å²) in [6.07, 6.45) is -2.64. The van der Waals surface area contributed by atoms with Crippen LogP contribution in [0, 0.1) is 5.41 Å². The number of para-hydroxylation sites is 2. The number of aromatic amines is 1. The first kappa shape index (κ1) is 34.3. The normalized spacial score (nSPS) is 16.2. The van der Waals surface area contributed by atoms with Gasteiger partial charge in [-0.25, -0.2) is 4.79 Å². The number of nitrogens with one attached hydrogen (secondary N) is 2. The summed E-state index contributed by atoms with van der Waals surface area (Å²) in [5.74, 6) is -1.83. The third kappa shape index (κ3) is 7.24. The highest BCUT2D eigenvalue weighted by Gasteiger charge is 2.41. The Bertz CT molecular complexity index is 1890. The molecule has 2 amide bonds. The number of rotatable bonds is 11. The molecule has 252 valence electrons. The van der Waals surface area contributed by atoms with Crippen molar-refractivity contribution in [2.75, 3.05) is 37.6 Å². The lowest BCUT2D eigenvalue weighted by Crippen LogP contribution is -2.46. The summed E-state index contributed by atoms with van der Waals surface area (Å²) in [4.78, 5) is 55.7. The van der Waals surface area contributed by atoms with Crippen LogP contribution in [0.25, 0.3) is 10.9 Å². The van der Waals surface area contributed by atoms with Crippen molar-refractivity contribution in [2.45, 2.75) is 39.4 Å². The second-order valence-corrected chi connectivity index (χ2v) is 12.6. The molecule has 12 nitrogen and oxygen atoms in total. The van der Waals surface area contributed by atoms with Gasteiger partial charge < -0.3 is 39.3 Å². The zero-order valence-corrected chi connectivity index (χ0v) is 27.8. The van der Waals surface area contributed by atoms with Gasteiger partial charge in [-0.3, -0.25) is 14.4 Å². The summed E-state index contributed by atoms with van der Waals surface area (Å²) < 4.78 is 23.2. The van der Waals surface area contributed by atoms with Gasteiger partial charge >= 0.3 is 11.9 Å². The van der Waals surface area contributed by atoms with Gasteiger partial charge in [0.25, 0.3) is 5.91 Å². The Balaban J connectivity index is 1.58. The summed E-state index contributed by atoms with van der Waals surface area (Å²) in [5, 5.41) is 13.2. The number of fused-ring (bicyclic) bond motifs is 2. The van der Waals surface area contributed by atoms with Crippen LogP contribution in [0.2, 0.25) is 5.02 Å². The van der Waals surface area contributed by atoms with E-state index in [1.165, 1.54) is 32.1 Å². The SMILES string of the molecule is COc1cccc([C@H]2O[C@H](CC(=O)Nc3cccc4cc(C(=O)O)[nH]c34)C(=O)N(CC(C)(C)COC(C)=O)c3ccc(Cl)cc32)c1OC. The number of carbonyl (C=O) groups is 4. The van der Waals surface area contributed by atoms with Crippen molar-refractivity contribution in [3.05, 3.63) is 82.5 Å². The molecular formula is C35H36ClN3O9. The first-order valence-electron chi connectivity index (χ1n) is 15.1. The van der Waals surface area contributed by atoms with Crippen molar-refractivity contribution >= 4 is 57.6 Å². The number of carboxylic acid groups (broad SMARTS) is 1. The number of anilines is 2. The molecule has 4 aromatic rings. The van der Waals surface area contributed by atoms with Crippen molar-refractivity contribution in [3.8, 4) is 11.5 Å². The van der Waals surface area contributed by atoms with Gasteiger partial charge in [0.05, 0.1) is 38.5 Å². The molecule has 48 heavy (non-hydrogen) atoms. The van der Waals surface area contributed by atoms with Gasteiger partial charge in [-0.1, -0.05) is 49.7 Å².